The van der Waals surface area contributed by atoms with Gasteiger partial charge in [-0.15, -0.1) is 0 Å². The summed E-state index contributed by atoms with van der Waals surface area (Å²) in [5.74, 6) is 5.40. The molecular weight excluding hydrogens is 255 g/mol. The maximum Gasteiger partial charge on any atom is 0.124 e. The SMILES string of the molecule is CC1(O)CCCN(Cc2ccc(F)cc2C#CCN)C1. The zero-order valence-corrected chi connectivity index (χ0v) is 11.8. The molecule has 1 aromatic rings. The Bertz CT molecular complexity index is 531. The minimum absolute atomic E-state index is 0.258. The molecule has 1 atom stereocenters. The molecule has 1 aliphatic rings. The Morgan fingerprint density at radius 1 is 1.50 bits per heavy atom. The van der Waals surface area contributed by atoms with Gasteiger partial charge in [-0.2, -0.15) is 0 Å². The smallest absolute Gasteiger partial charge is 0.124 e. The molecule has 3 N–H and O–H groups in total. The van der Waals surface area contributed by atoms with Gasteiger partial charge in [0.2, 0.25) is 0 Å². The Hall–Kier alpha value is -1.41. The van der Waals surface area contributed by atoms with Gasteiger partial charge in [0, 0.05) is 18.7 Å². The van der Waals surface area contributed by atoms with E-state index in [4.69, 9.17) is 5.73 Å². The molecule has 4 heteroatoms. The molecule has 1 aliphatic heterocycles. The topological polar surface area (TPSA) is 49.5 Å². The van der Waals surface area contributed by atoms with Gasteiger partial charge in [0.25, 0.3) is 0 Å². The number of β-amino-alcohol motifs (C(OH)–C–C–N with tert-alkyl or cyclic N) is 1. The van der Waals surface area contributed by atoms with E-state index in [2.05, 4.69) is 16.7 Å². The number of nitrogens with two attached hydrogens (primary N) is 1. The molecule has 1 heterocycles. The van der Waals surface area contributed by atoms with Crippen LogP contribution in [0.1, 0.15) is 30.9 Å². The third-order valence-electron chi connectivity index (χ3n) is 3.54. The molecule has 0 aromatic heterocycles. The molecular formula is C16H21FN2O. The zero-order chi connectivity index (χ0) is 14.6. The van der Waals surface area contributed by atoms with Crippen molar-refractivity contribution in [2.45, 2.75) is 31.9 Å². The van der Waals surface area contributed by atoms with Gasteiger partial charge in [-0.25, -0.2) is 4.39 Å². The van der Waals surface area contributed by atoms with Gasteiger partial charge in [0.15, 0.2) is 0 Å². The number of halogens is 1. The first-order valence-electron chi connectivity index (χ1n) is 6.92. The summed E-state index contributed by atoms with van der Waals surface area (Å²) in [6.45, 7) is 4.36. The molecule has 1 fully saturated rings. The maximum atomic E-state index is 13.3. The van der Waals surface area contributed by atoms with E-state index in [9.17, 15) is 9.50 Å². The normalized spacial score (nSPS) is 23.2. The second-order valence-corrected chi connectivity index (χ2v) is 5.62. The van der Waals surface area contributed by atoms with E-state index in [1.165, 1.54) is 12.1 Å². The summed E-state index contributed by atoms with van der Waals surface area (Å²) in [6, 6.07) is 4.66. The average molecular weight is 276 g/mol. The van der Waals surface area contributed by atoms with Crippen molar-refractivity contribution in [3.8, 4) is 11.8 Å². The van der Waals surface area contributed by atoms with Crippen LogP contribution in [0.3, 0.4) is 0 Å². The van der Waals surface area contributed by atoms with E-state index in [-0.39, 0.29) is 12.4 Å². The van der Waals surface area contributed by atoms with Crippen LogP contribution in [0, 0.1) is 17.7 Å². The van der Waals surface area contributed by atoms with Gasteiger partial charge in [-0.1, -0.05) is 17.9 Å². The van der Waals surface area contributed by atoms with Crippen LogP contribution in [0.5, 0.6) is 0 Å². The van der Waals surface area contributed by atoms with Crippen LogP contribution in [0.4, 0.5) is 4.39 Å². The molecule has 1 aromatic carbocycles. The summed E-state index contributed by atoms with van der Waals surface area (Å²) in [7, 11) is 0. The lowest BCUT2D eigenvalue weighted by molar-refractivity contribution is -0.0181. The summed E-state index contributed by atoms with van der Waals surface area (Å²) in [5, 5.41) is 10.1. The molecule has 20 heavy (non-hydrogen) atoms. The van der Waals surface area contributed by atoms with Crippen LogP contribution in [-0.2, 0) is 6.54 Å². The van der Waals surface area contributed by atoms with Crippen LogP contribution in [0.15, 0.2) is 18.2 Å². The molecule has 0 bridgehead atoms. The van der Waals surface area contributed by atoms with Gasteiger partial charge in [0.1, 0.15) is 5.82 Å². The Labute approximate surface area is 119 Å². The van der Waals surface area contributed by atoms with Crippen LogP contribution >= 0.6 is 0 Å². The third kappa shape index (κ3) is 4.04. The first-order valence-corrected chi connectivity index (χ1v) is 6.92. The molecule has 3 nitrogen and oxygen atoms in total. The van der Waals surface area contributed by atoms with Gasteiger partial charge < -0.3 is 10.8 Å². The lowest BCUT2D eigenvalue weighted by Crippen LogP contribution is -2.45. The molecule has 1 unspecified atom stereocenters. The number of nitrogens with zero attached hydrogens (tertiary/aromatic N) is 1. The van der Waals surface area contributed by atoms with Gasteiger partial charge in [-0.05, 0) is 44.0 Å². The lowest BCUT2D eigenvalue weighted by atomic mass is 9.94. The summed E-state index contributed by atoms with van der Waals surface area (Å²) >= 11 is 0. The maximum absolute atomic E-state index is 13.3. The molecule has 0 radical (unpaired) electrons. The summed E-state index contributed by atoms with van der Waals surface area (Å²) in [6.07, 6.45) is 1.80. The number of piperidine rings is 1. The van der Waals surface area contributed by atoms with Crippen molar-refractivity contribution >= 4 is 0 Å². The molecule has 0 saturated carbocycles. The van der Waals surface area contributed by atoms with E-state index in [0.29, 0.717) is 18.7 Å². The van der Waals surface area contributed by atoms with Crippen LogP contribution in [0.25, 0.3) is 0 Å². The standard InChI is InChI=1S/C16H21FN2O/c1-16(20)7-3-9-19(12-16)11-14-5-6-15(17)10-13(14)4-2-8-18/h5-6,10,20H,3,7-9,11-12,18H2,1H3. The fourth-order valence-corrected chi connectivity index (χ4v) is 2.65. The van der Waals surface area contributed by atoms with Crippen molar-refractivity contribution < 1.29 is 9.50 Å². The summed E-state index contributed by atoms with van der Waals surface area (Å²) < 4.78 is 13.3. The van der Waals surface area contributed by atoms with Crippen LogP contribution < -0.4 is 5.73 Å². The first-order chi connectivity index (χ1) is 9.50. The predicted molar refractivity (Wildman–Crippen MR) is 77.5 cm³/mol. The molecule has 2 rings (SSSR count). The van der Waals surface area contributed by atoms with Crippen molar-refractivity contribution in [3.05, 3.63) is 35.1 Å². The lowest BCUT2D eigenvalue weighted by Gasteiger charge is -2.37. The number of hydrogen-bond donors (Lipinski definition) is 2. The fraction of sp³-hybridized carbons (Fsp3) is 0.500. The highest BCUT2D eigenvalue weighted by Crippen LogP contribution is 2.22. The van der Waals surface area contributed by atoms with E-state index < -0.39 is 5.60 Å². The highest BCUT2D eigenvalue weighted by atomic mass is 19.1. The van der Waals surface area contributed by atoms with Crippen molar-refractivity contribution in [3.63, 3.8) is 0 Å². The highest BCUT2D eigenvalue weighted by Gasteiger charge is 2.28. The van der Waals surface area contributed by atoms with Crippen molar-refractivity contribution in [2.24, 2.45) is 5.73 Å². The molecule has 1 saturated heterocycles. The second kappa shape index (κ2) is 6.36. The predicted octanol–water partition coefficient (Wildman–Crippen LogP) is 1.48. The zero-order valence-electron chi connectivity index (χ0n) is 11.8. The number of benzene rings is 1. The Morgan fingerprint density at radius 2 is 2.30 bits per heavy atom. The molecule has 0 aliphatic carbocycles. The van der Waals surface area contributed by atoms with E-state index in [1.54, 1.807) is 6.07 Å². The minimum Gasteiger partial charge on any atom is -0.389 e. The first kappa shape index (κ1) is 15.0. The van der Waals surface area contributed by atoms with Crippen molar-refractivity contribution in [2.75, 3.05) is 19.6 Å². The van der Waals surface area contributed by atoms with Gasteiger partial charge >= 0.3 is 0 Å². The average Bonchev–Trinajstić information content (AvgIpc) is 2.38. The largest absolute Gasteiger partial charge is 0.389 e. The highest BCUT2D eigenvalue weighted by molar-refractivity contribution is 5.42. The van der Waals surface area contributed by atoms with E-state index >= 15 is 0 Å². The fourth-order valence-electron chi connectivity index (χ4n) is 2.65. The number of hydrogen-bond acceptors (Lipinski definition) is 3. The minimum atomic E-state index is -0.638. The third-order valence-corrected chi connectivity index (χ3v) is 3.54. The Balaban J connectivity index is 2.16. The quantitative estimate of drug-likeness (QED) is 0.805. The Kier molecular flexibility index (Phi) is 4.77. The second-order valence-electron chi connectivity index (χ2n) is 5.62. The van der Waals surface area contributed by atoms with Crippen LogP contribution in [-0.4, -0.2) is 35.2 Å². The van der Waals surface area contributed by atoms with E-state index in [0.717, 1.165) is 24.9 Å². The monoisotopic (exact) mass is 276 g/mol. The Morgan fingerprint density at radius 3 is 3.00 bits per heavy atom. The van der Waals surface area contributed by atoms with Crippen molar-refractivity contribution in [1.29, 1.82) is 0 Å². The summed E-state index contributed by atoms with van der Waals surface area (Å²) in [5.41, 5.74) is 6.39. The number of likely N-dealkylation sites (tertiary alicyclic amines) is 1. The number of aliphatic hydroxyl groups is 1. The molecule has 0 spiro atoms. The van der Waals surface area contributed by atoms with Gasteiger partial charge in [0.05, 0.1) is 12.1 Å². The molecule has 0 amide bonds. The molecule has 108 valence electrons. The van der Waals surface area contributed by atoms with Gasteiger partial charge in [-0.3, -0.25) is 4.90 Å². The van der Waals surface area contributed by atoms with Crippen molar-refractivity contribution in [1.82, 2.24) is 4.90 Å². The summed E-state index contributed by atoms with van der Waals surface area (Å²) in [4.78, 5) is 2.18. The van der Waals surface area contributed by atoms with E-state index in [1.807, 2.05) is 6.92 Å². The van der Waals surface area contributed by atoms with Crippen LogP contribution in [0.2, 0.25) is 0 Å². The number of rotatable bonds is 2.